The van der Waals surface area contributed by atoms with E-state index >= 15 is 0 Å². The predicted molar refractivity (Wildman–Crippen MR) is 141 cm³/mol. The number of rotatable bonds is 6. The first-order chi connectivity index (χ1) is 18.0. The largest absolute Gasteiger partial charge is 0.485 e. The van der Waals surface area contributed by atoms with Gasteiger partial charge in [0, 0.05) is 43.3 Å². The number of amidine groups is 1. The van der Waals surface area contributed by atoms with E-state index in [2.05, 4.69) is 0 Å². The maximum absolute atomic E-state index is 12.8. The van der Waals surface area contributed by atoms with Crippen molar-refractivity contribution in [2.24, 2.45) is 0 Å². The van der Waals surface area contributed by atoms with Crippen molar-refractivity contribution < 1.29 is 27.3 Å². The van der Waals surface area contributed by atoms with Gasteiger partial charge in [0.25, 0.3) is 0 Å². The zero-order valence-corrected chi connectivity index (χ0v) is 21.4. The molecule has 38 heavy (non-hydrogen) atoms. The van der Waals surface area contributed by atoms with Gasteiger partial charge in [-0.05, 0) is 47.9 Å². The number of anilines is 1. The Labute approximate surface area is 220 Å². The van der Waals surface area contributed by atoms with Crippen LogP contribution < -0.4 is 5.73 Å². The van der Waals surface area contributed by atoms with Gasteiger partial charge in [0.1, 0.15) is 5.84 Å². The smallest absolute Gasteiger partial charge is 0.478 e. The molecule has 3 aromatic carbocycles. The quantitative estimate of drug-likeness (QED) is 0.182. The number of alkyl halides is 3. The average Bonchev–Trinajstić information content (AvgIpc) is 2.90. The van der Waals surface area contributed by atoms with Crippen LogP contribution in [-0.2, 0) is 11.0 Å². The minimum atomic E-state index is -4.82. The lowest BCUT2D eigenvalue weighted by Gasteiger charge is -2.35. The molecule has 4 rings (SSSR count). The summed E-state index contributed by atoms with van der Waals surface area (Å²) in [6.07, 6.45) is 0. The SMILES string of the molecule is Cc1ccc(C(c2ccc(C(=O)O)cc2)c2ccc(N)c(C(=N)N3CCN(S(=O)C(F)(F)F)CC3)c2)cc1. The van der Waals surface area contributed by atoms with E-state index in [0.717, 1.165) is 26.6 Å². The first-order valence-corrected chi connectivity index (χ1v) is 12.9. The van der Waals surface area contributed by atoms with E-state index in [-0.39, 0.29) is 43.5 Å². The highest BCUT2D eigenvalue weighted by molar-refractivity contribution is 7.83. The summed E-state index contributed by atoms with van der Waals surface area (Å²) in [4.78, 5) is 13.0. The van der Waals surface area contributed by atoms with Crippen LogP contribution in [0, 0.1) is 12.3 Å². The highest BCUT2D eigenvalue weighted by Crippen LogP contribution is 2.34. The van der Waals surface area contributed by atoms with Gasteiger partial charge in [0.2, 0.25) is 11.0 Å². The first kappa shape index (κ1) is 27.3. The molecular weight excluding hydrogens is 517 g/mol. The molecule has 4 N–H and O–H groups in total. The third kappa shape index (κ3) is 5.89. The molecule has 2 atom stereocenters. The van der Waals surface area contributed by atoms with Crippen LogP contribution in [0.2, 0.25) is 0 Å². The summed E-state index contributed by atoms with van der Waals surface area (Å²) in [7, 11) is -3.08. The monoisotopic (exact) mass is 544 g/mol. The number of aromatic carboxylic acids is 1. The number of benzene rings is 3. The molecule has 2 unspecified atom stereocenters. The van der Waals surface area contributed by atoms with Crippen LogP contribution in [-0.4, -0.2) is 62.0 Å². The van der Waals surface area contributed by atoms with Gasteiger partial charge < -0.3 is 15.7 Å². The zero-order valence-electron chi connectivity index (χ0n) is 20.5. The molecule has 1 aliphatic rings. The second-order valence-electron chi connectivity index (χ2n) is 9.08. The van der Waals surface area contributed by atoms with Crippen molar-refractivity contribution in [3.63, 3.8) is 0 Å². The van der Waals surface area contributed by atoms with Gasteiger partial charge in [-0.25, -0.2) is 13.3 Å². The Balaban J connectivity index is 1.65. The van der Waals surface area contributed by atoms with E-state index in [1.54, 1.807) is 41.3 Å². The maximum Gasteiger partial charge on any atom is 0.485 e. The number of hydrogen-bond acceptors (Lipinski definition) is 4. The van der Waals surface area contributed by atoms with Gasteiger partial charge in [0.05, 0.1) is 5.56 Å². The Kier molecular flexibility index (Phi) is 7.89. The molecule has 200 valence electrons. The van der Waals surface area contributed by atoms with Crippen molar-refractivity contribution in [2.45, 2.75) is 18.3 Å². The van der Waals surface area contributed by atoms with Crippen LogP contribution in [0.25, 0.3) is 0 Å². The third-order valence-corrected chi connectivity index (χ3v) is 7.78. The summed E-state index contributed by atoms with van der Waals surface area (Å²) in [5, 5.41) is 18.1. The topological polar surface area (TPSA) is 111 Å². The summed E-state index contributed by atoms with van der Waals surface area (Å²) in [5.41, 5.74) is 6.10. The van der Waals surface area contributed by atoms with Crippen molar-refractivity contribution in [3.05, 3.63) is 100 Å². The lowest BCUT2D eigenvalue weighted by molar-refractivity contribution is -0.0434. The van der Waals surface area contributed by atoms with Gasteiger partial charge in [-0.1, -0.05) is 48.0 Å². The van der Waals surface area contributed by atoms with Crippen molar-refractivity contribution in [2.75, 3.05) is 31.9 Å². The van der Waals surface area contributed by atoms with E-state index in [9.17, 15) is 27.3 Å². The second kappa shape index (κ2) is 11.0. The van der Waals surface area contributed by atoms with Crippen molar-refractivity contribution in [3.8, 4) is 0 Å². The maximum atomic E-state index is 12.8. The van der Waals surface area contributed by atoms with E-state index in [1.165, 1.54) is 0 Å². The van der Waals surface area contributed by atoms with Gasteiger partial charge in [-0.15, -0.1) is 0 Å². The summed E-state index contributed by atoms with van der Waals surface area (Å²) in [6, 6.07) is 19.9. The van der Waals surface area contributed by atoms with Crippen LogP contribution in [0.3, 0.4) is 0 Å². The third-order valence-electron chi connectivity index (χ3n) is 6.55. The summed E-state index contributed by atoms with van der Waals surface area (Å²) < 4.78 is 51.1. The summed E-state index contributed by atoms with van der Waals surface area (Å²) in [5.74, 6) is -1.23. The molecule has 0 aromatic heterocycles. The van der Waals surface area contributed by atoms with E-state index in [4.69, 9.17) is 11.1 Å². The molecule has 1 fully saturated rings. The van der Waals surface area contributed by atoms with Crippen LogP contribution in [0.1, 0.15) is 44.1 Å². The lowest BCUT2D eigenvalue weighted by Crippen LogP contribution is -2.51. The first-order valence-electron chi connectivity index (χ1n) is 11.8. The number of carboxylic acids is 1. The molecule has 0 spiro atoms. The Morgan fingerprint density at radius 2 is 1.47 bits per heavy atom. The van der Waals surface area contributed by atoms with E-state index in [1.807, 2.05) is 37.3 Å². The van der Waals surface area contributed by atoms with Crippen LogP contribution in [0.5, 0.6) is 0 Å². The zero-order chi connectivity index (χ0) is 27.6. The van der Waals surface area contributed by atoms with Crippen LogP contribution >= 0.6 is 0 Å². The molecule has 11 heteroatoms. The van der Waals surface area contributed by atoms with E-state index in [0.29, 0.717) is 11.3 Å². The van der Waals surface area contributed by atoms with Gasteiger partial charge in [-0.2, -0.15) is 13.2 Å². The molecule has 3 aromatic rings. The number of carboxylic acid groups (broad SMARTS) is 1. The second-order valence-corrected chi connectivity index (χ2v) is 10.6. The number of nitrogens with one attached hydrogen (secondary N) is 1. The Bertz CT molecular complexity index is 1350. The minimum Gasteiger partial charge on any atom is -0.478 e. The highest BCUT2D eigenvalue weighted by Gasteiger charge is 2.42. The Morgan fingerprint density at radius 1 is 0.947 bits per heavy atom. The fraction of sp³-hybridized carbons (Fsp3) is 0.259. The number of hydrogen-bond donors (Lipinski definition) is 3. The number of halogens is 3. The highest BCUT2D eigenvalue weighted by atomic mass is 32.2. The van der Waals surface area contributed by atoms with Crippen LogP contribution in [0.4, 0.5) is 18.9 Å². The fourth-order valence-corrected chi connectivity index (χ4v) is 5.29. The fourth-order valence-electron chi connectivity index (χ4n) is 4.51. The minimum absolute atomic E-state index is 0.0747. The molecule has 0 radical (unpaired) electrons. The number of carbonyl (C=O) groups is 1. The Morgan fingerprint density at radius 3 is 2.00 bits per heavy atom. The van der Waals surface area contributed by atoms with Crippen LogP contribution in [0.15, 0.2) is 66.7 Å². The van der Waals surface area contributed by atoms with Gasteiger partial charge in [-0.3, -0.25) is 5.41 Å². The van der Waals surface area contributed by atoms with E-state index < -0.39 is 22.5 Å². The van der Waals surface area contributed by atoms with Crippen molar-refractivity contribution in [1.29, 1.82) is 5.41 Å². The number of nitrogens with zero attached hydrogens (tertiary/aromatic N) is 2. The molecule has 1 heterocycles. The molecule has 0 amide bonds. The molecule has 1 aliphatic heterocycles. The molecule has 7 nitrogen and oxygen atoms in total. The molecule has 0 bridgehead atoms. The lowest BCUT2D eigenvalue weighted by atomic mass is 9.83. The molecule has 0 aliphatic carbocycles. The molecular formula is C27H27F3N4O3S. The van der Waals surface area contributed by atoms with Gasteiger partial charge in [0.15, 0.2) is 0 Å². The molecule has 0 saturated carbocycles. The van der Waals surface area contributed by atoms with Crippen molar-refractivity contribution in [1.82, 2.24) is 9.21 Å². The van der Waals surface area contributed by atoms with Gasteiger partial charge >= 0.3 is 11.5 Å². The summed E-state index contributed by atoms with van der Waals surface area (Å²) >= 11 is 0. The standard InChI is InChI=1S/C27H27F3N4O3S/c1-17-2-4-18(5-3-17)24(19-6-8-20(9-7-19)26(35)36)21-10-11-23(31)22(16-21)25(32)33-12-14-34(15-13-33)38(37)27(28,29)30/h2-11,16,24,32H,12-15,31H2,1H3,(H,35,36). The van der Waals surface area contributed by atoms with Crippen molar-refractivity contribution >= 4 is 28.5 Å². The number of piperazine rings is 1. The number of aryl methyl sites for hydroxylation is 1. The predicted octanol–water partition coefficient (Wildman–Crippen LogP) is 4.58. The number of nitrogens with two attached hydrogens (primary N) is 1. The Hall–Kier alpha value is -3.70. The summed E-state index contributed by atoms with van der Waals surface area (Å²) in [6.45, 7) is 1.98. The molecule has 1 saturated heterocycles. The number of nitrogen functional groups attached to an aromatic ring is 1. The normalized spacial score (nSPS) is 16.2. The average molecular weight is 545 g/mol.